The minimum absolute atomic E-state index is 0.0767. The number of nitrogens with one attached hydrogen (secondary N) is 2. The maximum atomic E-state index is 12.3. The monoisotopic (exact) mass is 423 g/mol. The summed E-state index contributed by atoms with van der Waals surface area (Å²) in [5.74, 6) is -0.406. The van der Waals surface area contributed by atoms with Gasteiger partial charge in [0.15, 0.2) is 0 Å². The molecule has 3 rings (SSSR count). The predicted molar refractivity (Wildman–Crippen MR) is 118 cm³/mol. The zero-order valence-electron chi connectivity index (χ0n) is 17.3. The molecule has 0 aliphatic rings. The first-order chi connectivity index (χ1) is 14.4. The molecule has 0 radical (unpaired) electrons. The zero-order valence-corrected chi connectivity index (χ0v) is 18.1. The number of carbonyl (C=O) groups is 2. The maximum Gasteiger partial charge on any atom is 0.338 e. The van der Waals surface area contributed by atoms with E-state index in [9.17, 15) is 9.59 Å². The van der Waals surface area contributed by atoms with E-state index in [2.05, 4.69) is 15.6 Å². The van der Waals surface area contributed by atoms with E-state index in [1.165, 1.54) is 16.9 Å². The molecule has 0 saturated carbocycles. The van der Waals surface area contributed by atoms with Crippen LogP contribution >= 0.6 is 11.3 Å². The first-order valence-electron chi connectivity index (χ1n) is 9.72. The number of rotatable bonds is 7. The van der Waals surface area contributed by atoms with Gasteiger partial charge >= 0.3 is 12.0 Å². The lowest BCUT2D eigenvalue weighted by Gasteiger charge is -2.10. The van der Waals surface area contributed by atoms with Crippen LogP contribution in [0.4, 0.5) is 4.79 Å². The number of benzene rings is 2. The Morgan fingerprint density at radius 3 is 2.43 bits per heavy atom. The first kappa shape index (κ1) is 21.5. The Kier molecular flexibility index (Phi) is 7.19. The minimum atomic E-state index is -0.406. The van der Waals surface area contributed by atoms with Crippen LogP contribution in [0.3, 0.4) is 0 Å². The van der Waals surface area contributed by atoms with E-state index >= 15 is 0 Å². The summed E-state index contributed by atoms with van der Waals surface area (Å²) < 4.78 is 5.39. The molecule has 156 valence electrons. The summed E-state index contributed by atoms with van der Waals surface area (Å²) in [6.07, 6.45) is 0. The van der Waals surface area contributed by atoms with E-state index in [0.717, 1.165) is 21.8 Å². The third-order valence-corrected chi connectivity index (χ3v) is 5.20. The summed E-state index contributed by atoms with van der Waals surface area (Å²) in [5, 5.41) is 8.34. The zero-order chi connectivity index (χ0) is 21.5. The smallest absolute Gasteiger partial charge is 0.338 e. The molecule has 30 heavy (non-hydrogen) atoms. The molecule has 6 nitrogen and oxygen atoms in total. The second-order valence-corrected chi connectivity index (χ2v) is 8.12. The van der Waals surface area contributed by atoms with Crippen molar-refractivity contribution in [3.63, 3.8) is 0 Å². The molecule has 2 N–H and O–H groups in total. The average Bonchev–Trinajstić information content (AvgIpc) is 3.20. The Bertz CT molecular complexity index is 995. The summed E-state index contributed by atoms with van der Waals surface area (Å²) in [6, 6.07) is 15.0. The number of urea groups is 1. The van der Waals surface area contributed by atoms with Gasteiger partial charge in [0.05, 0.1) is 11.3 Å². The van der Waals surface area contributed by atoms with Crippen molar-refractivity contribution in [3.8, 4) is 10.6 Å². The van der Waals surface area contributed by atoms with Crippen molar-refractivity contribution < 1.29 is 14.3 Å². The van der Waals surface area contributed by atoms with Gasteiger partial charge in [0.25, 0.3) is 0 Å². The summed E-state index contributed by atoms with van der Waals surface area (Å²) in [4.78, 5) is 28.5. The van der Waals surface area contributed by atoms with Gasteiger partial charge in [0.1, 0.15) is 11.6 Å². The van der Waals surface area contributed by atoms with Gasteiger partial charge in [-0.2, -0.15) is 0 Å². The summed E-state index contributed by atoms with van der Waals surface area (Å²) in [6.45, 7) is 6.35. The molecule has 0 bridgehead atoms. The molecule has 3 aromatic rings. The van der Waals surface area contributed by atoms with Crippen molar-refractivity contribution in [2.24, 2.45) is 0 Å². The van der Waals surface area contributed by atoms with Gasteiger partial charge in [-0.25, -0.2) is 14.6 Å². The topological polar surface area (TPSA) is 80.3 Å². The van der Waals surface area contributed by atoms with Crippen molar-refractivity contribution in [1.29, 1.82) is 0 Å². The van der Waals surface area contributed by atoms with Crippen molar-refractivity contribution >= 4 is 23.3 Å². The molecule has 2 amide bonds. The van der Waals surface area contributed by atoms with Gasteiger partial charge in [0, 0.05) is 23.5 Å². The number of thiazole rings is 1. The summed E-state index contributed by atoms with van der Waals surface area (Å²) >= 11 is 1.53. The standard InChI is InChI=1S/C23H25N3O3S/c1-15(2)25-23(28)24-12-17-6-10-19(11-7-17)22(27)29-13-20-14-30-21(26-20)18-8-4-16(3)5-9-18/h4-11,14-15H,12-13H2,1-3H3,(H2,24,25,28). The third-order valence-electron chi connectivity index (χ3n) is 4.26. The number of amides is 2. The van der Waals surface area contributed by atoms with Crippen LogP contribution in [0.2, 0.25) is 0 Å². The van der Waals surface area contributed by atoms with E-state index in [1.54, 1.807) is 24.3 Å². The molecule has 0 fully saturated rings. The lowest BCUT2D eigenvalue weighted by atomic mass is 10.1. The van der Waals surface area contributed by atoms with E-state index < -0.39 is 5.97 Å². The minimum Gasteiger partial charge on any atom is -0.456 e. The molecule has 2 aromatic carbocycles. The first-order valence-corrected chi connectivity index (χ1v) is 10.6. The molecule has 1 aromatic heterocycles. The lowest BCUT2D eigenvalue weighted by Crippen LogP contribution is -2.39. The molecule has 7 heteroatoms. The third kappa shape index (κ3) is 6.15. The van der Waals surface area contributed by atoms with Crippen LogP contribution < -0.4 is 10.6 Å². The second-order valence-electron chi connectivity index (χ2n) is 7.26. The van der Waals surface area contributed by atoms with Crippen LogP contribution in [-0.4, -0.2) is 23.0 Å². The Balaban J connectivity index is 1.50. The molecular weight excluding hydrogens is 398 g/mol. The largest absolute Gasteiger partial charge is 0.456 e. The molecule has 0 aliphatic heterocycles. The number of hydrogen-bond donors (Lipinski definition) is 2. The van der Waals surface area contributed by atoms with E-state index in [-0.39, 0.29) is 18.7 Å². The maximum absolute atomic E-state index is 12.3. The molecule has 1 heterocycles. The number of aromatic nitrogens is 1. The normalized spacial score (nSPS) is 10.7. The van der Waals surface area contributed by atoms with Gasteiger partial charge in [-0.3, -0.25) is 0 Å². The number of carbonyl (C=O) groups excluding carboxylic acids is 2. The average molecular weight is 424 g/mol. The van der Waals surface area contributed by atoms with E-state index in [0.29, 0.717) is 12.1 Å². The highest BCUT2D eigenvalue weighted by Gasteiger charge is 2.10. The van der Waals surface area contributed by atoms with Crippen LogP contribution in [0, 0.1) is 6.92 Å². The van der Waals surface area contributed by atoms with Gasteiger partial charge in [-0.15, -0.1) is 11.3 Å². The fraction of sp³-hybridized carbons (Fsp3) is 0.261. The molecule has 0 spiro atoms. The molecule has 0 saturated heterocycles. The highest BCUT2D eigenvalue weighted by Crippen LogP contribution is 2.24. The highest BCUT2D eigenvalue weighted by atomic mass is 32.1. The number of esters is 1. The fourth-order valence-electron chi connectivity index (χ4n) is 2.68. The van der Waals surface area contributed by atoms with Crippen LogP contribution in [0.1, 0.15) is 41.0 Å². The summed E-state index contributed by atoms with van der Waals surface area (Å²) in [7, 11) is 0. The lowest BCUT2D eigenvalue weighted by molar-refractivity contribution is 0.0468. The van der Waals surface area contributed by atoms with Crippen LogP contribution in [0.5, 0.6) is 0 Å². The molecule has 0 atom stereocenters. The molecular formula is C23H25N3O3S. The van der Waals surface area contributed by atoms with Crippen LogP contribution in [0.25, 0.3) is 10.6 Å². The number of ether oxygens (including phenoxy) is 1. The Labute approximate surface area is 180 Å². The van der Waals surface area contributed by atoms with E-state index in [1.807, 2.05) is 50.4 Å². The van der Waals surface area contributed by atoms with Crippen LogP contribution in [0.15, 0.2) is 53.9 Å². The fourth-order valence-corrected chi connectivity index (χ4v) is 3.49. The second kappa shape index (κ2) is 10.0. The van der Waals surface area contributed by atoms with E-state index in [4.69, 9.17) is 4.74 Å². The van der Waals surface area contributed by atoms with Crippen molar-refractivity contribution in [1.82, 2.24) is 15.6 Å². The van der Waals surface area contributed by atoms with Crippen molar-refractivity contribution in [2.75, 3.05) is 0 Å². The van der Waals surface area contributed by atoms with Gasteiger partial charge in [-0.1, -0.05) is 42.0 Å². The molecule has 0 aliphatic carbocycles. The number of nitrogens with zero attached hydrogens (tertiary/aromatic N) is 1. The van der Waals surface area contributed by atoms with Gasteiger partial charge in [-0.05, 0) is 38.5 Å². The Morgan fingerprint density at radius 2 is 1.77 bits per heavy atom. The van der Waals surface area contributed by atoms with Crippen LogP contribution in [-0.2, 0) is 17.9 Å². The number of hydrogen-bond acceptors (Lipinski definition) is 5. The van der Waals surface area contributed by atoms with Gasteiger partial charge in [0.2, 0.25) is 0 Å². The van der Waals surface area contributed by atoms with Gasteiger partial charge < -0.3 is 15.4 Å². The SMILES string of the molecule is Cc1ccc(-c2nc(COC(=O)c3ccc(CNC(=O)NC(C)C)cc3)cs2)cc1. The predicted octanol–water partition coefficient (Wildman–Crippen LogP) is 4.68. The molecule has 0 unspecified atom stereocenters. The Hall–Kier alpha value is -3.19. The Morgan fingerprint density at radius 1 is 1.07 bits per heavy atom. The summed E-state index contributed by atoms with van der Waals surface area (Å²) in [5.41, 5.74) is 4.33. The van der Waals surface area contributed by atoms with Crippen molar-refractivity contribution in [2.45, 2.75) is 40.0 Å². The highest BCUT2D eigenvalue weighted by molar-refractivity contribution is 7.13. The number of aryl methyl sites for hydroxylation is 1. The quantitative estimate of drug-likeness (QED) is 0.541. The van der Waals surface area contributed by atoms with Crippen molar-refractivity contribution in [3.05, 3.63) is 76.3 Å².